The average molecular weight is 466 g/mol. The number of fused-ring (bicyclic) bond motifs is 5. The van der Waals surface area contributed by atoms with E-state index in [9.17, 15) is 30.7 Å². The topological polar surface area (TPSA) is 77.5 Å². The molecular formula is C20H26F3O5PS. The van der Waals surface area contributed by atoms with Gasteiger partial charge in [-0.2, -0.15) is 21.6 Å². The predicted molar refractivity (Wildman–Crippen MR) is 103 cm³/mol. The Balaban J connectivity index is 1.59. The van der Waals surface area contributed by atoms with Gasteiger partial charge in [0.15, 0.2) is 0 Å². The van der Waals surface area contributed by atoms with Crippen LogP contribution in [0.3, 0.4) is 0 Å². The molecule has 2 saturated carbocycles. The fourth-order valence-corrected chi connectivity index (χ4v) is 7.92. The number of hydrogen-bond donors (Lipinski definition) is 0. The Hall–Kier alpha value is -1.08. The molecule has 0 radical (unpaired) electrons. The zero-order chi connectivity index (χ0) is 22.1. The molecule has 4 rings (SSSR count). The summed E-state index contributed by atoms with van der Waals surface area (Å²) in [4.78, 5) is 0. The van der Waals surface area contributed by atoms with Crippen molar-refractivity contribution in [2.45, 2.75) is 70.0 Å². The highest BCUT2D eigenvalue weighted by atomic mass is 32.2. The van der Waals surface area contributed by atoms with E-state index in [4.69, 9.17) is 0 Å². The van der Waals surface area contributed by atoms with Gasteiger partial charge in [0.25, 0.3) is 0 Å². The number of allylic oxidation sites excluding steroid dienone is 4. The minimum absolute atomic E-state index is 0.0122. The highest BCUT2D eigenvalue weighted by Crippen LogP contribution is 2.65. The summed E-state index contributed by atoms with van der Waals surface area (Å²) in [6.07, 6.45) is 8.20. The number of hydrogen-bond acceptors (Lipinski definition) is 5. The Morgan fingerprint density at radius 3 is 2.33 bits per heavy atom. The molecule has 0 heterocycles. The van der Waals surface area contributed by atoms with Crippen molar-refractivity contribution in [3.8, 4) is 0 Å². The molecule has 0 aromatic carbocycles. The number of rotatable bonds is 3. The van der Waals surface area contributed by atoms with Crippen molar-refractivity contribution in [3.63, 3.8) is 0 Å². The fraction of sp³-hybridized carbons (Fsp3) is 0.800. The Morgan fingerprint density at radius 2 is 1.70 bits per heavy atom. The average Bonchev–Trinajstić information content (AvgIpc) is 2.96. The maximum atomic E-state index is 12.8. The van der Waals surface area contributed by atoms with Crippen molar-refractivity contribution in [1.29, 1.82) is 0 Å². The first kappa shape index (κ1) is 22.1. The normalized spacial score (nSPS) is 41.1. The molecule has 30 heavy (non-hydrogen) atoms. The lowest BCUT2D eigenvalue weighted by molar-refractivity contribution is -0.0571. The summed E-state index contributed by atoms with van der Waals surface area (Å²) in [5.74, 6) is 0.461. The van der Waals surface area contributed by atoms with Crippen LogP contribution in [0, 0.1) is 28.6 Å². The zero-order valence-electron chi connectivity index (χ0n) is 16.9. The van der Waals surface area contributed by atoms with Crippen LogP contribution >= 0.6 is 7.68 Å². The van der Waals surface area contributed by atoms with Crippen molar-refractivity contribution in [1.82, 2.24) is 0 Å². The second-order valence-electron chi connectivity index (χ2n) is 9.68. The molecule has 0 aromatic heterocycles. The number of alkyl halides is 3. The monoisotopic (exact) mass is 466 g/mol. The van der Waals surface area contributed by atoms with Crippen molar-refractivity contribution < 1.29 is 34.9 Å². The first-order valence-corrected chi connectivity index (χ1v) is 13.0. The van der Waals surface area contributed by atoms with Gasteiger partial charge < -0.3 is 4.18 Å². The highest BCUT2D eigenvalue weighted by molar-refractivity contribution is 7.87. The van der Waals surface area contributed by atoms with Crippen molar-refractivity contribution in [2.24, 2.45) is 28.6 Å². The van der Waals surface area contributed by atoms with Gasteiger partial charge in [0.05, 0.1) is 5.66 Å². The van der Waals surface area contributed by atoms with E-state index < -0.39 is 28.7 Å². The van der Waals surface area contributed by atoms with Crippen molar-refractivity contribution in [2.75, 3.05) is 0 Å². The van der Waals surface area contributed by atoms with E-state index in [0.717, 1.165) is 19.3 Å². The van der Waals surface area contributed by atoms with Gasteiger partial charge in [-0.1, -0.05) is 25.5 Å². The van der Waals surface area contributed by atoms with Gasteiger partial charge in [-0.3, -0.25) is 0 Å². The molecule has 4 aliphatic rings. The first-order chi connectivity index (χ1) is 13.8. The van der Waals surface area contributed by atoms with Gasteiger partial charge in [-0.25, -0.2) is 9.13 Å². The Morgan fingerprint density at radius 1 is 1.03 bits per heavy atom. The molecule has 6 atom stereocenters. The van der Waals surface area contributed by atoms with Crippen LogP contribution in [-0.2, 0) is 23.4 Å². The molecule has 0 aliphatic heterocycles. The van der Waals surface area contributed by atoms with Crippen molar-refractivity contribution >= 4 is 17.8 Å². The Kier molecular flexibility index (Phi) is 5.13. The van der Waals surface area contributed by atoms with Gasteiger partial charge in [0.2, 0.25) is 0 Å². The van der Waals surface area contributed by atoms with E-state index in [0.29, 0.717) is 31.6 Å². The minimum atomic E-state index is -5.68. The lowest BCUT2D eigenvalue weighted by atomic mass is 9.48. The smallest absolute Gasteiger partial charge is 0.380 e. The molecule has 10 heteroatoms. The fourth-order valence-electron chi connectivity index (χ4n) is 6.64. The summed E-state index contributed by atoms with van der Waals surface area (Å²) < 4.78 is 89.3. The Labute approximate surface area is 175 Å². The lowest BCUT2D eigenvalue weighted by Gasteiger charge is -2.57. The lowest BCUT2D eigenvalue weighted by Crippen LogP contribution is -2.50. The molecule has 1 unspecified atom stereocenters. The second-order valence-corrected chi connectivity index (χ2v) is 12.5. The van der Waals surface area contributed by atoms with E-state index in [-0.39, 0.29) is 28.7 Å². The van der Waals surface area contributed by atoms with Gasteiger partial charge in [-0.15, -0.1) is 0 Å². The molecule has 0 aromatic rings. The van der Waals surface area contributed by atoms with Gasteiger partial charge >= 0.3 is 23.3 Å². The van der Waals surface area contributed by atoms with E-state index in [2.05, 4.69) is 17.2 Å². The standard InChI is InChI=1S/C20H26F3O5PS/c1-18-9-7-13(29(24)25)11-12(18)3-4-14-15-5-6-17(19(15,2)10-8-16(14)18)28-30(26,27)20(21,22)23/h3,6,13-16H,4-5,7-11H2,1-2H3/t13?,14-,15-,16-,18-,19-/m0/s1. The maximum absolute atomic E-state index is 12.8. The van der Waals surface area contributed by atoms with E-state index in [1.165, 1.54) is 11.6 Å². The Bertz CT molecular complexity index is 975. The third kappa shape index (κ3) is 3.22. The highest BCUT2D eigenvalue weighted by Gasteiger charge is 2.59. The summed E-state index contributed by atoms with van der Waals surface area (Å²) >= 11 is 0. The van der Waals surface area contributed by atoms with Crippen LogP contribution in [0.5, 0.6) is 0 Å². The summed E-state index contributed by atoms with van der Waals surface area (Å²) in [6.45, 7) is 4.01. The SMILES string of the molecule is C[C@]12CCC(P(=O)=O)CC1=CC[C@@H]1[C@@H]2CC[C@]2(C)C(OS(=O)(=O)C(F)(F)F)=CC[C@@H]12. The van der Waals surface area contributed by atoms with E-state index in [1.54, 1.807) is 0 Å². The van der Waals surface area contributed by atoms with Crippen LogP contribution in [0.25, 0.3) is 0 Å². The summed E-state index contributed by atoms with van der Waals surface area (Å²) in [7, 11) is -8.14. The van der Waals surface area contributed by atoms with Crippen LogP contribution in [0.1, 0.15) is 58.8 Å². The molecule has 0 amide bonds. The third-order valence-corrected chi connectivity index (χ3v) is 10.4. The van der Waals surface area contributed by atoms with Crippen LogP contribution in [0.2, 0.25) is 0 Å². The molecule has 168 valence electrons. The summed E-state index contributed by atoms with van der Waals surface area (Å²) in [5.41, 5.74) is -5.41. The zero-order valence-corrected chi connectivity index (χ0v) is 18.7. The maximum Gasteiger partial charge on any atom is 0.534 e. The van der Waals surface area contributed by atoms with Crippen LogP contribution in [0.4, 0.5) is 13.2 Å². The molecule has 5 nitrogen and oxygen atoms in total. The van der Waals surface area contributed by atoms with E-state index >= 15 is 0 Å². The second kappa shape index (κ2) is 6.96. The van der Waals surface area contributed by atoms with Crippen molar-refractivity contribution in [3.05, 3.63) is 23.5 Å². The van der Waals surface area contributed by atoms with Gasteiger partial charge in [-0.05, 0) is 74.2 Å². The molecular weight excluding hydrogens is 440 g/mol. The predicted octanol–water partition coefficient (Wildman–Crippen LogP) is 5.85. The minimum Gasteiger partial charge on any atom is -0.380 e. The molecule has 0 bridgehead atoms. The van der Waals surface area contributed by atoms with Gasteiger partial charge in [0, 0.05) is 5.41 Å². The van der Waals surface area contributed by atoms with Crippen LogP contribution < -0.4 is 0 Å². The first-order valence-electron chi connectivity index (χ1n) is 10.3. The van der Waals surface area contributed by atoms with Crippen LogP contribution in [-0.4, -0.2) is 19.6 Å². The third-order valence-electron chi connectivity index (χ3n) is 8.37. The molecule has 0 N–H and O–H groups in total. The van der Waals surface area contributed by atoms with Crippen LogP contribution in [0.15, 0.2) is 23.5 Å². The summed E-state index contributed by atoms with van der Waals surface area (Å²) in [6, 6.07) is 0. The van der Waals surface area contributed by atoms with E-state index in [1.807, 2.05) is 6.92 Å². The molecule has 0 saturated heterocycles. The molecule has 2 fully saturated rings. The summed E-state index contributed by atoms with van der Waals surface area (Å²) in [5, 5.41) is 0. The molecule has 0 spiro atoms. The molecule has 4 aliphatic carbocycles. The largest absolute Gasteiger partial charge is 0.534 e. The quantitative estimate of drug-likeness (QED) is 0.226. The number of halogens is 3. The van der Waals surface area contributed by atoms with Gasteiger partial charge in [0.1, 0.15) is 5.76 Å².